The first-order chi connectivity index (χ1) is 10.6. The average Bonchev–Trinajstić information content (AvgIpc) is 2.56. The Labute approximate surface area is 131 Å². The van der Waals surface area contributed by atoms with Crippen LogP contribution in [0.1, 0.15) is 19.4 Å². The maximum absolute atomic E-state index is 11.7. The Bertz CT molecular complexity index is 588. The molecule has 0 fully saturated rings. The van der Waals surface area contributed by atoms with Crippen molar-refractivity contribution in [2.75, 3.05) is 7.11 Å². The maximum Gasteiger partial charge on any atom is 0.335 e. The second-order valence-corrected chi connectivity index (χ2v) is 5.56. The summed E-state index contributed by atoms with van der Waals surface area (Å²) in [5.74, 6) is -0.244. The number of carbonyl (C=O) groups is 1. The monoisotopic (exact) mass is 298 g/mol. The van der Waals surface area contributed by atoms with Crippen LogP contribution in [-0.2, 0) is 20.9 Å². The smallest absolute Gasteiger partial charge is 0.335 e. The Kier molecular flexibility index (Phi) is 5.73. The number of carbonyl (C=O) groups excluding carboxylic acids is 1. The van der Waals surface area contributed by atoms with Gasteiger partial charge in [0, 0.05) is 0 Å². The molecular formula is C19H22O3. The number of esters is 1. The van der Waals surface area contributed by atoms with E-state index in [1.165, 1.54) is 12.7 Å². The standard InChI is InChI=1S/C19H22O3/c1-14(2)18(19(20)21-3)22-13-15-9-11-17(12-10-15)16-7-5-4-6-8-16/h4-12,14,18H,13H2,1-3H3. The van der Waals surface area contributed by atoms with Crippen LogP contribution in [0.15, 0.2) is 54.6 Å². The number of rotatable bonds is 6. The molecule has 0 N–H and O–H groups in total. The third-order valence-corrected chi connectivity index (χ3v) is 3.53. The van der Waals surface area contributed by atoms with E-state index in [0.717, 1.165) is 11.1 Å². The van der Waals surface area contributed by atoms with Gasteiger partial charge in [-0.05, 0) is 22.6 Å². The molecule has 22 heavy (non-hydrogen) atoms. The molecule has 0 saturated heterocycles. The van der Waals surface area contributed by atoms with Gasteiger partial charge in [0.1, 0.15) is 0 Å². The zero-order valence-corrected chi connectivity index (χ0v) is 13.3. The van der Waals surface area contributed by atoms with Gasteiger partial charge in [0.25, 0.3) is 0 Å². The highest BCUT2D eigenvalue weighted by Gasteiger charge is 2.23. The van der Waals surface area contributed by atoms with Crippen molar-refractivity contribution in [3.8, 4) is 11.1 Å². The number of hydrogen-bond acceptors (Lipinski definition) is 3. The zero-order valence-electron chi connectivity index (χ0n) is 13.3. The van der Waals surface area contributed by atoms with Crippen molar-refractivity contribution in [3.63, 3.8) is 0 Å². The van der Waals surface area contributed by atoms with Crippen LogP contribution in [0.5, 0.6) is 0 Å². The second-order valence-electron chi connectivity index (χ2n) is 5.56. The number of benzene rings is 2. The van der Waals surface area contributed by atoms with Crippen LogP contribution >= 0.6 is 0 Å². The Hall–Kier alpha value is -2.13. The molecule has 116 valence electrons. The van der Waals surface area contributed by atoms with Crippen LogP contribution in [0.3, 0.4) is 0 Å². The SMILES string of the molecule is COC(=O)C(OCc1ccc(-c2ccccc2)cc1)C(C)C. The van der Waals surface area contributed by atoms with Crippen molar-refractivity contribution < 1.29 is 14.3 Å². The van der Waals surface area contributed by atoms with E-state index in [1.807, 2.05) is 44.2 Å². The Morgan fingerprint density at radius 3 is 2.09 bits per heavy atom. The summed E-state index contributed by atoms with van der Waals surface area (Å²) in [6, 6.07) is 18.4. The van der Waals surface area contributed by atoms with Gasteiger partial charge < -0.3 is 9.47 Å². The number of hydrogen-bond donors (Lipinski definition) is 0. The molecule has 0 bridgehead atoms. The fraction of sp³-hybridized carbons (Fsp3) is 0.316. The molecule has 2 aromatic rings. The Balaban J connectivity index is 2.01. The lowest BCUT2D eigenvalue weighted by molar-refractivity contribution is -0.158. The molecule has 2 aromatic carbocycles. The van der Waals surface area contributed by atoms with Crippen LogP contribution in [0, 0.1) is 5.92 Å². The molecule has 0 heterocycles. The first-order valence-corrected chi connectivity index (χ1v) is 7.45. The Morgan fingerprint density at radius 2 is 1.55 bits per heavy atom. The lowest BCUT2D eigenvalue weighted by Crippen LogP contribution is -2.30. The highest BCUT2D eigenvalue weighted by molar-refractivity contribution is 5.74. The average molecular weight is 298 g/mol. The summed E-state index contributed by atoms with van der Waals surface area (Å²) in [6.45, 7) is 4.28. The minimum atomic E-state index is -0.529. The maximum atomic E-state index is 11.7. The predicted molar refractivity (Wildman–Crippen MR) is 87.3 cm³/mol. The molecule has 0 aliphatic heterocycles. The van der Waals surface area contributed by atoms with Gasteiger partial charge in [0.2, 0.25) is 0 Å². The van der Waals surface area contributed by atoms with Gasteiger partial charge in [-0.3, -0.25) is 0 Å². The van der Waals surface area contributed by atoms with Crippen molar-refractivity contribution in [1.82, 2.24) is 0 Å². The second kappa shape index (κ2) is 7.76. The topological polar surface area (TPSA) is 35.5 Å². The van der Waals surface area contributed by atoms with Gasteiger partial charge >= 0.3 is 5.97 Å². The van der Waals surface area contributed by atoms with E-state index in [1.54, 1.807) is 0 Å². The summed E-state index contributed by atoms with van der Waals surface area (Å²) in [6.07, 6.45) is -0.529. The summed E-state index contributed by atoms with van der Waals surface area (Å²) in [5.41, 5.74) is 3.39. The lowest BCUT2D eigenvalue weighted by atomic mass is 10.0. The van der Waals surface area contributed by atoms with E-state index in [4.69, 9.17) is 9.47 Å². The van der Waals surface area contributed by atoms with Crippen molar-refractivity contribution >= 4 is 5.97 Å². The van der Waals surface area contributed by atoms with Crippen LogP contribution < -0.4 is 0 Å². The summed E-state index contributed by atoms with van der Waals surface area (Å²) in [5, 5.41) is 0. The van der Waals surface area contributed by atoms with Crippen LogP contribution in [-0.4, -0.2) is 19.2 Å². The largest absolute Gasteiger partial charge is 0.467 e. The minimum Gasteiger partial charge on any atom is -0.467 e. The fourth-order valence-corrected chi connectivity index (χ4v) is 2.26. The van der Waals surface area contributed by atoms with E-state index in [0.29, 0.717) is 6.61 Å². The first-order valence-electron chi connectivity index (χ1n) is 7.45. The molecule has 0 aromatic heterocycles. The molecule has 1 atom stereocenters. The first kappa shape index (κ1) is 16.2. The molecule has 0 aliphatic carbocycles. The van der Waals surface area contributed by atoms with E-state index in [2.05, 4.69) is 24.3 Å². The molecule has 3 heteroatoms. The van der Waals surface area contributed by atoms with Gasteiger partial charge in [0.15, 0.2) is 6.10 Å². The molecule has 0 aliphatic rings. The molecule has 0 saturated carbocycles. The number of methoxy groups -OCH3 is 1. The minimum absolute atomic E-state index is 0.0797. The van der Waals surface area contributed by atoms with Crippen LogP contribution in [0.4, 0.5) is 0 Å². The summed E-state index contributed by atoms with van der Waals surface area (Å²) in [7, 11) is 1.38. The van der Waals surface area contributed by atoms with Crippen LogP contribution in [0.25, 0.3) is 11.1 Å². The van der Waals surface area contributed by atoms with Gasteiger partial charge in [-0.25, -0.2) is 4.79 Å². The van der Waals surface area contributed by atoms with Crippen molar-refractivity contribution in [2.24, 2.45) is 5.92 Å². The van der Waals surface area contributed by atoms with E-state index < -0.39 is 6.10 Å². The van der Waals surface area contributed by atoms with Gasteiger partial charge in [-0.1, -0.05) is 68.4 Å². The lowest BCUT2D eigenvalue weighted by Gasteiger charge is -2.19. The third kappa shape index (κ3) is 4.18. The Morgan fingerprint density at radius 1 is 0.955 bits per heavy atom. The molecule has 3 nitrogen and oxygen atoms in total. The van der Waals surface area contributed by atoms with E-state index in [9.17, 15) is 4.79 Å². The van der Waals surface area contributed by atoms with Gasteiger partial charge in [0.05, 0.1) is 13.7 Å². The molecule has 0 amide bonds. The summed E-state index contributed by atoms with van der Waals surface area (Å²) in [4.78, 5) is 11.7. The van der Waals surface area contributed by atoms with E-state index in [-0.39, 0.29) is 11.9 Å². The summed E-state index contributed by atoms with van der Waals surface area (Å²) >= 11 is 0. The molecule has 1 unspecified atom stereocenters. The highest BCUT2D eigenvalue weighted by atomic mass is 16.6. The summed E-state index contributed by atoms with van der Waals surface area (Å²) < 4.78 is 10.5. The fourth-order valence-electron chi connectivity index (χ4n) is 2.26. The third-order valence-electron chi connectivity index (χ3n) is 3.53. The number of ether oxygens (including phenoxy) is 2. The molecule has 2 rings (SSSR count). The van der Waals surface area contributed by atoms with Gasteiger partial charge in [-0.2, -0.15) is 0 Å². The molecular weight excluding hydrogens is 276 g/mol. The van der Waals surface area contributed by atoms with Crippen molar-refractivity contribution in [3.05, 3.63) is 60.2 Å². The zero-order chi connectivity index (χ0) is 15.9. The quantitative estimate of drug-likeness (QED) is 0.754. The molecule has 0 radical (unpaired) electrons. The van der Waals surface area contributed by atoms with E-state index >= 15 is 0 Å². The van der Waals surface area contributed by atoms with Crippen LogP contribution in [0.2, 0.25) is 0 Å². The van der Waals surface area contributed by atoms with Gasteiger partial charge in [-0.15, -0.1) is 0 Å². The normalized spacial score (nSPS) is 12.2. The predicted octanol–water partition coefficient (Wildman–Crippen LogP) is 4.07. The van der Waals surface area contributed by atoms with Crippen molar-refractivity contribution in [1.29, 1.82) is 0 Å². The van der Waals surface area contributed by atoms with Crippen molar-refractivity contribution in [2.45, 2.75) is 26.6 Å². The molecule has 0 spiro atoms. The highest BCUT2D eigenvalue weighted by Crippen LogP contribution is 2.20.